The first kappa shape index (κ1) is 11.2. The molecule has 1 aromatic heterocycles. The zero-order valence-electron chi connectivity index (χ0n) is 8.71. The molecule has 0 atom stereocenters. The maximum Gasteiger partial charge on any atom is 0.148 e. The van der Waals surface area contributed by atoms with Crippen molar-refractivity contribution >= 4 is 27.6 Å². The van der Waals surface area contributed by atoms with Gasteiger partial charge in [-0.05, 0) is 29.8 Å². The maximum absolute atomic E-state index is 4.22. The lowest BCUT2D eigenvalue weighted by Crippen LogP contribution is -2.18. The number of nitrogens with zero attached hydrogens (tertiary/aromatic N) is 3. The number of hydrogen-bond acceptors (Lipinski definition) is 4. The third kappa shape index (κ3) is 2.35. The third-order valence-corrected chi connectivity index (χ3v) is 2.68. The Balaban J connectivity index is 3.00. The molecule has 0 aliphatic rings. The lowest BCUT2D eigenvalue weighted by Gasteiger charge is -2.18. The fraction of sp³-hybridized carbons (Fsp3) is 0.556. The van der Waals surface area contributed by atoms with Crippen LogP contribution in [0.4, 0.5) is 11.6 Å². The molecular formula is C9H15BrN4. The van der Waals surface area contributed by atoms with Crippen LogP contribution in [0, 0.1) is 0 Å². The van der Waals surface area contributed by atoms with Crippen molar-refractivity contribution in [1.82, 2.24) is 9.97 Å². The van der Waals surface area contributed by atoms with E-state index in [0.29, 0.717) is 0 Å². The van der Waals surface area contributed by atoms with Gasteiger partial charge in [0.25, 0.3) is 0 Å². The molecule has 0 spiro atoms. The van der Waals surface area contributed by atoms with Crippen molar-refractivity contribution in [2.45, 2.75) is 13.8 Å². The van der Waals surface area contributed by atoms with Crippen molar-refractivity contribution in [3.63, 3.8) is 0 Å². The first-order valence-corrected chi connectivity index (χ1v) is 5.45. The molecule has 1 heterocycles. The molecule has 1 rings (SSSR count). The molecule has 0 radical (unpaired) electrons. The highest BCUT2D eigenvalue weighted by Crippen LogP contribution is 2.28. The van der Waals surface area contributed by atoms with Gasteiger partial charge in [0.1, 0.15) is 22.4 Å². The zero-order valence-corrected chi connectivity index (χ0v) is 10.3. The molecule has 0 bridgehead atoms. The third-order valence-electron chi connectivity index (χ3n) is 1.95. The van der Waals surface area contributed by atoms with Crippen molar-refractivity contribution < 1.29 is 0 Å². The van der Waals surface area contributed by atoms with E-state index >= 15 is 0 Å². The maximum atomic E-state index is 4.22. The van der Waals surface area contributed by atoms with Crippen LogP contribution in [0.5, 0.6) is 0 Å². The lowest BCUT2D eigenvalue weighted by molar-refractivity contribution is 0.922. The van der Waals surface area contributed by atoms with Crippen LogP contribution in [0.2, 0.25) is 0 Å². The summed E-state index contributed by atoms with van der Waals surface area (Å²) < 4.78 is 0.922. The van der Waals surface area contributed by atoms with Gasteiger partial charge in [0.2, 0.25) is 0 Å². The number of anilines is 2. The molecule has 0 saturated heterocycles. The first-order valence-electron chi connectivity index (χ1n) is 4.66. The van der Waals surface area contributed by atoms with Crippen LogP contribution in [0.15, 0.2) is 10.8 Å². The van der Waals surface area contributed by atoms with Gasteiger partial charge < -0.3 is 10.2 Å². The molecule has 5 heteroatoms. The Morgan fingerprint density at radius 2 is 2.14 bits per heavy atom. The number of rotatable bonds is 4. The van der Waals surface area contributed by atoms with Gasteiger partial charge in [-0.2, -0.15) is 0 Å². The Labute approximate surface area is 92.9 Å². The van der Waals surface area contributed by atoms with E-state index in [9.17, 15) is 0 Å². The summed E-state index contributed by atoms with van der Waals surface area (Å²) in [5, 5.41) is 3.17. The van der Waals surface area contributed by atoms with E-state index in [0.717, 1.165) is 29.2 Å². The Morgan fingerprint density at radius 3 is 2.71 bits per heavy atom. The zero-order chi connectivity index (χ0) is 10.6. The van der Waals surface area contributed by atoms with E-state index in [1.165, 1.54) is 0 Å². The average molecular weight is 259 g/mol. The van der Waals surface area contributed by atoms with Crippen molar-refractivity contribution in [2.75, 3.05) is 30.4 Å². The predicted molar refractivity (Wildman–Crippen MR) is 62.8 cm³/mol. The van der Waals surface area contributed by atoms with E-state index in [2.05, 4.69) is 43.0 Å². The Bertz CT molecular complexity index is 303. The summed E-state index contributed by atoms with van der Waals surface area (Å²) in [4.78, 5) is 10.4. The largest absolute Gasteiger partial charge is 0.369 e. The number of nitrogens with one attached hydrogen (secondary N) is 1. The fourth-order valence-corrected chi connectivity index (χ4v) is 1.71. The fourth-order valence-electron chi connectivity index (χ4n) is 1.07. The van der Waals surface area contributed by atoms with Crippen molar-refractivity contribution in [1.29, 1.82) is 0 Å². The quantitative estimate of drug-likeness (QED) is 0.899. The summed E-state index contributed by atoms with van der Waals surface area (Å²) in [7, 11) is 2.00. The summed E-state index contributed by atoms with van der Waals surface area (Å²) in [6.07, 6.45) is 1.57. The molecule has 14 heavy (non-hydrogen) atoms. The monoisotopic (exact) mass is 258 g/mol. The Morgan fingerprint density at radius 1 is 1.43 bits per heavy atom. The highest BCUT2D eigenvalue weighted by Gasteiger charge is 2.10. The van der Waals surface area contributed by atoms with Crippen LogP contribution < -0.4 is 10.2 Å². The van der Waals surface area contributed by atoms with Gasteiger partial charge >= 0.3 is 0 Å². The average Bonchev–Trinajstić information content (AvgIpc) is 2.20. The normalized spacial score (nSPS) is 10.0. The topological polar surface area (TPSA) is 41.1 Å². The lowest BCUT2D eigenvalue weighted by atomic mass is 10.4. The summed E-state index contributed by atoms with van der Waals surface area (Å²) in [5.41, 5.74) is 0. The van der Waals surface area contributed by atoms with Crippen molar-refractivity contribution in [2.24, 2.45) is 0 Å². The molecule has 1 N–H and O–H groups in total. The SMILES string of the molecule is CCNc1ncnc(N(C)CC)c1Br. The van der Waals surface area contributed by atoms with Gasteiger partial charge in [-0.3, -0.25) is 0 Å². The van der Waals surface area contributed by atoms with Crippen LogP contribution in [-0.2, 0) is 0 Å². The number of halogens is 1. The van der Waals surface area contributed by atoms with Gasteiger partial charge in [-0.1, -0.05) is 0 Å². The van der Waals surface area contributed by atoms with Crippen molar-refractivity contribution in [3.05, 3.63) is 10.8 Å². The standard InChI is InChI=1S/C9H15BrN4/c1-4-11-8-7(10)9(13-6-12-8)14(3)5-2/h6H,4-5H2,1-3H3,(H,11,12,13). The second-order valence-electron chi connectivity index (χ2n) is 2.90. The highest BCUT2D eigenvalue weighted by molar-refractivity contribution is 9.10. The molecule has 0 saturated carbocycles. The van der Waals surface area contributed by atoms with E-state index in [-0.39, 0.29) is 0 Å². The van der Waals surface area contributed by atoms with Gasteiger partial charge in [0.05, 0.1) is 0 Å². The number of aromatic nitrogens is 2. The Hall–Kier alpha value is -0.840. The van der Waals surface area contributed by atoms with Crippen molar-refractivity contribution in [3.8, 4) is 0 Å². The second-order valence-corrected chi connectivity index (χ2v) is 3.70. The first-order chi connectivity index (χ1) is 6.70. The number of hydrogen-bond donors (Lipinski definition) is 1. The molecule has 0 unspecified atom stereocenters. The van der Waals surface area contributed by atoms with E-state index in [4.69, 9.17) is 0 Å². The highest BCUT2D eigenvalue weighted by atomic mass is 79.9. The molecule has 0 aromatic carbocycles. The van der Waals surface area contributed by atoms with Crippen LogP contribution in [0.1, 0.15) is 13.8 Å². The minimum atomic E-state index is 0.845. The summed E-state index contributed by atoms with van der Waals surface area (Å²) >= 11 is 3.49. The van der Waals surface area contributed by atoms with E-state index in [1.807, 2.05) is 14.0 Å². The minimum absolute atomic E-state index is 0.845. The van der Waals surface area contributed by atoms with Gasteiger partial charge in [0, 0.05) is 20.1 Å². The van der Waals surface area contributed by atoms with Gasteiger partial charge in [-0.15, -0.1) is 0 Å². The smallest absolute Gasteiger partial charge is 0.148 e. The molecule has 0 fully saturated rings. The van der Waals surface area contributed by atoms with Crippen LogP contribution in [0.25, 0.3) is 0 Å². The molecule has 0 aliphatic carbocycles. The molecular weight excluding hydrogens is 244 g/mol. The van der Waals surface area contributed by atoms with E-state index < -0.39 is 0 Å². The van der Waals surface area contributed by atoms with Crippen LogP contribution >= 0.6 is 15.9 Å². The molecule has 0 amide bonds. The van der Waals surface area contributed by atoms with Crippen LogP contribution in [0.3, 0.4) is 0 Å². The molecule has 0 aliphatic heterocycles. The molecule has 78 valence electrons. The predicted octanol–water partition coefficient (Wildman–Crippen LogP) is 2.13. The van der Waals surface area contributed by atoms with Crippen LogP contribution in [-0.4, -0.2) is 30.1 Å². The van der Waals surface area contributed by atoms with Gasteiger partial charge in [-0.25, -0.2) is 9.97 Å². The summed E-state index contributed by atoms with van der Waals surface area (Å²) in [6.45, 7) is 5.89. The minimum Gasteiger partial charge on any atom is -0.369 e. The second kappa shape index (κ2) is 5.14. The van der Waals surface area contributed by atoms with Gasteiger partial charge in [0.15, 0.2) is 0 Å². The molecule has 1 aromatic rings. The molecule has 4 nitrogen and oxygen atoms in total. The summed E-state index contributed by atoms with van der Waals surface area (Å²) in [6, 6.07) is 0. The summed E-state index contributed by atoms with van der Waals surface area (Å²) in [5.74, 6) is 1.76. The van der Waals surface area contributed by atoms with E-state index in [1.54, 1.807) is 6.33 Å². The Kier molecular flexibility index (Phi) is 4.13.